The zero-order valence-corrected chi connectivity index (χ0v) is 21.8. The number of nitrogens with one attached hydrogen (secondary N) is 1. The van der Waals surface area contributed by atoms with Crippen molar-refractivity contribution in [3.05, 3.63) is 101 Å². The molecule has 0 aliphatic rings. The van der Waals surface area contributed by atoms with E-state index in [1.807, 2.05) is 66.2 Å². The van der Waals surface area contributed by atoms with Crippen LogP contribution in [0.1, 0.15) is 26.8 Å². The molecule has 8 nitrogen and oxygen atoms in total. The lowest BCUT2D eigenvalue weighted by Crippen LogP contribution is -2.07. The van der Waals surface area contributed by atoms with E-state index in [2.05, 4.69) is 21.1 Å². The molecular formula is C30H21N5O3S. The maximum atomic E-state index is 13.1. The second kappa shape index (κ2) is 9.93. The van der Waals surface area contributed by atoms with Gasteiger partial charge in [-0.2, -0.15) is 10.4 Å². The van der Waals surface area contributed by atoms with Gasteiger partial charge in [0.25, 0.3) is 0 Å². The molecule has 0 saturated heterocycles. The van der Waals surface area contributed by atoms with E-state index < -0.39 is 5.97 Å². The minimum atomic E-state index is -0.489. The number of rotatable bonds is 6. The van der Waals surface area contributed by atoms with Crippen LogP contribution in [-0.4, -0.2) is 32.8 Å². The van der Waals surface area contributed by atoms with E-state index in [0.717, 1.165) is 32.6 Å². The highest BCUT2D eigenvalue weighted by Gasteiger charge is 2.20. The number of aromatic nitrogens is 4. The van der Waals surface area contributed by atoms with Crippen LogP contribution in [-0.2, 0) is 0 Å². The number of carbonyl (C=O) groups is 1. The van der Waals surface area contributed by atoms with Gasteiger partial charge in [-0.15, -0.1) is 11.3 Å². The van der Waals surface area contributed by atoms with Gasteiger partial charge in [-0.3, -0.25) is 0 Å². The van der Waals surface area contributed by atoms with Gasteiger partial charge < -0.3 is 14.5 Å². The molecule has 3 aromatic heterocycles. The zero-order valence-electron chi connectivity index (χ0n) is 21.0. The Morgan fingerprint density at radius 3 is 2.62 bits per heavy atom. The van der Waals surface area contributed by atoms with Crippen molar-refractivity contribution < 1.29 is 14.3 Å². The van der Waals surface area contributed by atoms with Gasteiger partial charge in [0.1, 0.15) is 21.6 Å². The van der Waals surface area contributed by atoms with E-state index in [4.69, 9.17) is 9.47 Å². The Morgan fingerprint density at radius 2 is 1.85 bits per heavy atom. The first-order valence-corrected chi connectivity index (χ1v) is 12.9. The molecule has 0 amide bonds. The number of esters is 1. The highest BCUT2D eigenvalue weighted by atomic mass is 32.1. The van der Waals surface area contributed by atoms with Crippen molar-refractivity contribution in [2.45, 2.75) is 6.92 Å². The number of hydrogen-bond acceptors (Lipinski definition) is 7. The summed E-state index contributed by atoms with van der Waals surface area (Å²) in [6.45, 7) is 1.92. The zero-order chi connectivity index (χ0) is 26.9. The van der Waals surface area contributed by atoms with Crippen molar-refractivity contribution in [2.75, 3.05) is 7.11 Å². The minimum absolute atomic E-state index is 0.278. The van der Waals surface area contributed by atoms with Crippen molar-refractivity contribution in [1.82, 2.24) is 19.7 Å². The van der Waals surface area contributed by atoms with Crippen LogP contribution >= 0.6 is 11.3 Å². The molecule has 0 aliphatic carbocycles. The molecule has 9 heteroatoms. The van der Waals surface area contributed by atoms with Crippen LogP contribution in [0.3, 0.4) is 0 Å². The molecule has 1 N–H and O–H groups in total. The van der Waals surface area contributed by atoms with Crippen molar-refractivity contribution in [2.24, 2.45) is 0 Å². The number of nitriles is 1. The van der Waals surface area contributed by atoms with E-state index in [1.165, 1.54) is 18.4 Å². The molecule has 0 spiro atoms. The number of hydrogen-bond donors (Lipinski definition) is 1. The fourth-order valence-corrected chi connectivity index (χ4v) is 5.36. The average Bonchev–Trinajstić information content (AvgIpc) is 3.67. The number of allylic oxidation sites excluding steroid dienone is 1. The summed E-state index contributed by atoms with van der Waals surface area (Å²) < 4.78 is 13.1. The lowest BCUT2D eigenvalue weighted by atomic mass is 10.1. The van der Waals surface area contributed by atoms with Crippen LogP contribution in [0.15, 0.2) is 78.9 Å². The minimum Gasteiger partial charge on any atom is -0.493 e. The Balaban J connectivity index is 1.27. The first-order valence-electron chi connectivity index (χ1n) is 12.1. The summed E-state index contributed by atoms with van der Waals surface area (Å²) >= 11 is 1.32. The topological polar surface area (TPSA) is 106 Å². The number of ether oxygens (including phenoxy) is 2. The summed E-state index contributed by atoms with van der Waals surface area (Å²) in [7, 11) is 1.50. The summed E-state index contributed by atoms with van der Waals surface area (Å²) in [6.07, 6.45) is 1.70. The average molecular weight is 532 g/mol. The number of benzene rings is 3. The van der Waals surface area contributed by atoms with Crippen LogP contribution in [0.2, 0.25) is 0 Å². The molecule has 6 aromatic rings. The molecule has 190 valence electrons. The van der Waals surface area contributed by atoms with Gasteiger partial charge in [0, 0.05) is 5.39 Å². The number of carbonyl (C=O) groups excluding carboxylic acids is 1. The number of fused-ring (bicyclic) bond motifs is 2. The van der Waals surface area contributed by atoms with Gasteiger partial charge in [0.2, 0.25) is 0 Å². The number of aromatic amines is 1. The normalized spacial score (nSPS) is 11.6. The van der Waals surface area contributed by atoms with Crippen LogP contribution in [0.25, 0.3) is 38.6 Å². The number of aryl methyl sites for hydroxylation is 1. The fourth-order valence-electron chi connectivity index (χ4n) is 4.30. The van der Waals surface area contributed by atoms with Crippen molar-refractivity contribution in [3.8, 4) is 23.3 Å². The number of methoxy groups -OCH3 is 1. The Labute approximate surface area is 227 Å². The van der Waals surface area contributed by atoms with E-state index in [-0.39, 0.29) is 5.75 Å². The second-order valence-electron chi connectivity index (χ2n) is 8.73. The smallest absolute Gasteiger partial charge is 0.353 e. The Hall–Kier alpha value is -5.20. The summed E-state index contributed by atoms with van der Waals surface area (Å²) in [5, 5.41) is 15.3. The molecule has 0 radical (unpaired) electrons. The summed E-state index contributed by atoms with van der Waals surface area (Å²) in [4.78, 5) is 22.1. The third-order valence-electron chi connectivity index (χ3n) is 6.21. The Morgan fingerprint density at radius 1 is 1.05 bits per heavy atom. The van der Waals surface area contributed by atoms with Crippen molar-refractivity contribution in [1.29, 1.82) is 5.26 Å². The summed E-state index contributed by atoms with van der Waals surface area (Å²) in [5.41, 5.74) is 4.44. The SMILES string of the molecule is COc1cc(/C=C(\C#N)c2nc3ccccc3[nH]2)ccc1OC(=O)c1cc2c(C)nn(-c3ccccc3)c2s1. The van der Waals surface area contributed by atoms with Gasteiger partial charge in [-0.05, 0) is 61.0 Å². The van der Waals surface area contributed by atoms with Crippen LogP contribution in [0.5, 0.6) is 11.5 Å². The van der Waals surface area contributed by atoms with Gasteiger partial charge >= 0.3 is 5.97 Å². The molecule has 0 saturated carbocycles. The summed E-state index contributed by atoms with van der Waals surface area (Å²) in [5.74, 6) is 0.631. The molecule has 3 aromatic carbocycles. The molecule has 6 rings (SSSR count). The largest absolute Gasteiger partial charge is 0.493 e. The monoisotopic (exact) mass is 531 g/mol. The van der Waals surface area contributed by atoms with Gasteiger partial charge in [0.05, 0.1) is 35.1 Å². The van der Waals surface area contributed by atoms with Gasteiger partial charge in [0.15, 0.2) is 11.5 Å². The third kappa shape index (κ3) is 4.54. The standard InChI is InChI=1S/C30H21N5O3S/c1-18-22-16-27(39-29(22)35(34-18)21-8-4-3-5-9-21)30(36)38-25-13-12-19(15-26(25)37-2)14-20(17-31)28-32-23-10-6-7-11-24(23)33-28/h3-16H,1-2H3,(H,32,33)/b20-14+. The highest BCUT2D eigenvalue weighted by molar-refractivity contribution is 7.20. The first kappa shape index (κ1) is 24.2. The molecule has 3 heterocycles. The summed E-state index contributed by atoms with van der Waals surface area (Å²) in [6, 6.07) is 26.5. The van der Waals surface area contributed by atoms with E-state index >= 15 is 0 Å². The Kier molecular flexibility index (Phi) is 6.15. The molecule has 0 unspecified atom stereocenters. The second-order valence-corrected chi connectivity index (χ2v) is 9.77. The van der Waals surface area contributed by atoms with E-state index in [1.54, 1.807) is 30.3 Å². The maximum Gasteiger partial charge on any atom is 0.353 e. The number of thiophene rings is 1. The fraction of sp³-hybridized carbons (Fsp3) is 0.0667. The molecule has 0 fully saturated rings. The molecule has 0 bridgehead atoms. The van der Waals surface area contributed by atoms with Crippen LogP contribution in [0.4, 0.5) is 0 Å². The predicted molar refractivity (Wildman–Crippen MR) is 151 cm³/mol. The lowest BCUT2D eigenvalue weighted by molar-refractivity contribution is 0.0735. The number of imidazole rings is 1. The van der Waals surface area contributed by atoms with E-state index in [0.29, 0.717) is 27.6 Å². The van der Waals surface area contributed by atoms with Crippen LogP contribution in [0, 0.1) is 18.3 Å². The molecular weight excluding hydrogens is 510 g/mol. The molecule has 39 heavy (non-hydrogen) atoms. The van der Waals surface area contributed by atoms with E-state index in [9.17, 15) is 10.1 Å². The first-order chi connectivity index (χ1) is 19.0. The maximum absolute atomic E-state index is 13.1. The Bertz CT molecular complexity index is 1890. The van der Waals surface area contributed by atoms with Crippen LogP contribution < -0.4 is 9.47 Å². The molecule has 0 atom stereocenters. The number of para-hydroxylation sites is 3. The predicted octanol–water partition coefficient (Wildman–Crippen LogP) is 6.56. The number of nitrogens with zero attached hydrogens (tertiary/aromatic N) is 4. The van der Waals surface area contributed by atoms with Gasteiger partial charge in [-0.1, -0.05) is 36.4 Å². The lowest BCUT2D eigenvalue weighted by Gasteiger charge is -2.09. The van der Waals surface area contributed by atoms with Crippen molar-refractivity contribution >= 4 is 50.2 Å². The third-order valence-corrected chi connectivity index (χ3v) is 7.30. The highest BCUT2D eigenvalue weighted by Crippen LogP contribution is 2.34. The molecule has 0 aliphatic heterocycles. The quantitative estimate of drug-likeness (QED) is 0.148. The number of H-pyrrole nitrogens is 1. The van der Waals surface area contributed by atoms with Gasteiger partial charge in [-0.25, -0.2) is 14.5 Å². The van der Waals surface area contributed by atoms with Crippen molar-refractivity contribution in [3.63, 3.8) is 0 Å².